The molecule has 0 bridgehead atoms. The van der Waals surface area contributed by atoms with Crippen LogP contribution in [-0.4, -0.2) is 44.1 Å². The maximum absolute atomic E-state index is 11.4. The molecule has 0 aliphatic heterocycles. The number of rotatable bonds is 5. The van der Waals surface area contributed by atoms with Crippen molar-refractivity contribution in [3.8, 4) is 0 Å². The molecular weight excluding hydrogens is 232 g/mol. The molecule has 0 radical (unpaired) electrons. The lowest BCUT2D eigenvalue weighted by atomic mass is 10.1. The maximum Gasteiger partial charge on any atom is 0.329 e. The molecule has 94 valence electrons. The van der Waals surface area contributed by atoms with Crippen LogP contribution in [0.25, 0.3) is 10.4 Å². The Kier molecular flexibility index (Phi) is 6.12. The van der Waals surface area contributed by atoms with Gasteiger partial charge in [0.1, 0.15) is 6.04 Å². The SMILES string of the molecule is COC(=O)[C@@H](N=[N+]=[N-])[C@@H](NC(C)=O)C(=O)OC. The van der Waals surface area contributed by atoms with E-state index in [0.29, 0.717) is 0 Å². The van der Waals surface area contributed by atoms with Crippen LogP contribution in [0.15, 0.2) is 5.11 Å². The molecule has 1 N–H and O–H groups in total. The van der Waals surface area contributed by atoms with Gasteiger partial charge in [0.25, 0.3) is 0 Å². The van der Waals surface area contributed by atoms with Gasteiger partial charge in [-0.3, -0.25) is 9.59 Å². The predicted molar refractivity (Wildman–Crippen MR) is 54.6 cm³/mol. The first kappa shape index (κ1) is 14.7. The van der Waals surface area contributed by atoms with E-state index in [1.807, 2.05) is 0 Å². The van der Waals surface area contributed by atoms with Crippen LogP contribution >= 0.6 is 0 Å². The van der Waals surface area contributed by atoms with Crippen molar-refractivity contribution in [2.75, 3.05) is 14.2 Å². The van der Waals surface area contributed by atoms with E-state index in [1.165, 1.54) is 0 Å². The van der Waals surface area contributed by atoms with Crippen LogP contribution in [0.2, 0.25) is 0 Å². The molecule has 0 aromatic heterocycles. The molecule has 9 heteroatoms. The molecule has 0 saturated carbocycles. The number of esters is 2. The van der Waals surface area contributed by atoms with Gasteiger partial charge >= 0.3 is 11.9 Å². The number of methoxy groups -OCH3 is 2. The summed E-state index contributed by atoms with van der Waals surface area (Å²) in [4.78, 5) is 36.0. The molecule has 0 unspecified atom stereocenters. The number of ether oxygens (including phenoxy) is 2. The Morgan fingerprint density at radius 1 is 1.24 bits per heavy atom. The quantitative estimate of drug-likeness (QED) is 0.302. The van der Waals surface area contributed by atoms with Crippen LogP contribution in [-0.2, 0) is 23.9 Å². The van der Waals surface area contributed by atoms with Crippen molar-refractivity contribution in [1.82, 2.24) is 5.32 Å². The fourth-order valence-corrected chi connectivity index (χ4v) is 1.04. The summed E-state index contributed by atoms with van der Waals surface area (Å²) in [5.74, 6) is -2.45. The van der Waals surface area contributed by atoms with E-state index >= 15 is 0 Å². The Hall–Kier alpha value is -2.28. The zero-order valence-electron chi connectivity index (χ0n) is 9.54. The molecule has 17 heavy (non-hydrogen) atoms. The fraction of sp³-hybridized carbons (Fsp3) is 0.625. The molecule has 2 atom stereocenters. The average Bonchev–Trinajstić information content (AvgIpc) is 2.31. The molecule has 0 rings (SSSR count). The minimum atomic E-state index is -1.51. The van der Waals surface area contributed by atoms with Crippen LogP contribution < -0.4 is 5.32 Å². The lowest BCUT2D eigenvalue weighted by Crippen LogP contribution is -2.51. The second-order valence-corrected chi connectivity index (χ2v) is 2.87. The van der Waals surface area contributed by atoms with Crippen LogP contribution in [0.4, 0.5) is 0 Å². The van der Waals surface area contributed by atoms with Gasteiger partial charge in [0, 0.05) is 11.8 Å². The molecule has 1 amide bonds. The van der Waals surface area contributed by atoms with Gasteiger partial charge in [0.15, 0.2) is 6.04 Å². The lowest BCUT2D eigenvalue weighted by Gasteiger charge is -2.19. The highest BCUT2D eigenvalue weighted by atomic mass is 16.5. The molecule has 0 heterocycles. The molecule has 0 aromatic carbocycles. The van der Waals surface area contributed by atoms with Gasteiger partial charge in [-0.15, -0.1) is 0 Å². The summed E-state index contributed by atoms with van der Waals surface area (Å²) in [7, 11) is 2.13. The number of nitrogens with one attached hydrogen (secondary N) is 1. The van der Waals surface area contributed by atoms with Gasteiger partial charge in [-0.25, -0.2) is 4.79 Å². The van der Waals surface area contributed by atoms with Gasteiger partial charge < -0.3 is 14.8 Å². The van der Waals surface area contributed by atoms with E-state index in [2.05, 4.69) is 24.8 Å². The molecule has 9 nitrogen and oxygen atoms in total. The Balaban J connectivity index is 5.19. The standard InChI is InChI=1S/C8H12N4O5/c1-4(13)10-5(7(14)16-2)6(11-12-9)8(15)17-3/h5-6H,1-3H3,(H,10,13)/t5-,6+/m1/s1. The van der Waals surface area contributed by atoms with E-state index in [9.17, 15) is 14.4 Å². The molecule has 0 saturated heterocycles. The van der Waals surface area contributed by atoms with Crippen molar-refractivity contribution in [1.29, 1.82) is 0 Å². The van der Waals surface area contributed by atoms with Gasteiger partial charge in [-0.2, -0.15) is 0 Å². The molecular formula is C8H12N4O5. The van der Waals surface area contributed by atoms with Crippen molar-refractivity contribution in [3.05, 3.63) is 10.4 Å². The van der Waals surface area contributed by atoms with Crippen molar-refractivity contribution in [2.45, 2.75) is 19.0 Å². The largest absolute Gasteiger partial charge is 0.469 e. The zero-order valence-corrected chi connectivity index (χ0v) is 9.54. The fourth-order valence-electron chi connectivity index (χ4n) is 1.04. The zero-order chi connectivity index (χ0) is 13.4. The number of hydrogen-bond acceptors (Lipinski definition) is 6. The Labute approximate surface area is 96.7 Å². The summed E-state index contributed by atoms with van der Waals surface area (Å²) < 4.78 is 8.75. The molecule has 0 spiro atoms. The third-order valence-corrected chi connectivity index (χ3v) is 1.75. The Bertz CT molecular complexity index is 363. The molecule has 0 aliphatic carbocycles. The first-order chi connectivity index (χ1) is 7.97. The van der Waals surface area contributed by atoms with E-state index < -0.39 is 29.9 Å². The highest BCUT2D eigenvalue weighted by Crippen LogP contribution is 2.05. The third kappa shape index (κ3) is 4.39. The number of carbonyl (C=O) groups is 3. The maximum atomic E-state index is 11.4. The smallest absolute Gasteiger partial charge is 0.329 e. The van der Waals surface area contributed by atoms with Crippen molar-refractivity contribution >= 4 is 17.8 Å². The normalized spacial score (nSPS) is 12.6. The second kappa shape index (κ2) is 7.07. The summed E-state index contributed by atoms with van der Waals surface area (Å²) in [5.41, 5.74) is 8.30. The van der Waals surface area contributed by atoms with Crippen molar-refractivity contribution < 1.29 is 23.9 Å². The average molecular weight is 244 g/mol. The number of carbonyl (C=O) groups excluding carboxylic acids is 3. The van der Waals surface area contributed by atoms with Gasteiger partial charge in [0.2, 0.25) is 5.91 Å². The minimum absolute atomic E-state index is 0.581. The summed E-state index contributed by atoms with van der Waals surface area (Å²) in [6, 6.07) is -2.93. The number of azide groups is 1. The number of amides is 1. The van der Waals surface area contributed by atoms with Crippen molar-refractivity contribution in [3.63, 3.8) is 0 Å². The van der Waals surface area contributed by atoms with Gasteiger partial charge in [0.05, 0.1) is 14.2 Å². The van der Waals surface area contributed by atoms with Crippen LogP contribution in [0, 0.1) is 0 Å². The molecule has 0 fully saturated rings. The molecule has 0 aromatic rings. The second-order valence-electron chi connectivity index (χ2n) is 2.87. The number of nitrogens with zero attached hydrogens (tertiary/aromatic N) is 3. The Morgan fingerprint density at radius 3 is 2.12 bits per heavy atom. The highest BCUT2D eigenvalue weighted by Gasteiger charge is 2.35. The van der Waals surface area contributed by atoms with E-state index in [0.717, 1.165) is 21.1 Å². The van der Waals surface area contributed by atoms with Gasteiger partial charge in [-0.05, 0) is 5.53 Å². The topological polar surface area (TPSA) is 130 Å². The predicted octanol–water partition coefficient (Wildman–Crippen LogP) is -0.484. The van der Waals surface area contributed by atoms with Crippen LogP contribution in [0.3, 0.4) is 0 Å². The van der Waals surface area contributed by atoms with Crippen LogP contribution in [0.1, 0.15) is 6.92 Å². The van der Waals surface area contributed by atoms with E-state index in [-0.39, 0.29) is 0 Å². The first-order valence-electron chi connectivity index (χ1n) is 4.44. The number of hydrogen-bond donors (Lipinski definition) is 1. The van der Waals surface area contributed by atoms with Gasteiger partial charge in [-0.1, -0.05) is 5.11 Å². The summed E-state index contributed by atoms with van der Waals surface area (Å²) in [6.07, 6.45) is 0. The van der Waals surface area contributed by atoms with Crippen molar-refractivity contribution in [2.24, 2.45) is 5.11 Å². The van der Waals surface area contributed by atoms with E-state index in [4.69, 9.17) is 5.53 Å². The van der Waals surface area contributed by atoms with Crippen LogP contribution in [0.5, 0.6) is 0 Å². The minimum Gasteiger partial charge on any atom is -0.469 e. The first-order valence-corrected chi connectivity index (χ1v) is 4.44. The Morgan fingerprint density at radius 2 is 1.76 bits per heavy atom. The summed E-state index contributed by atoms with van der Waals surface area (Å²) >= 11 is 0. The summed E-state index contributed by atoms with van der Waals surface area (Å²) in [6.45, 7) is 1.14. The highest BCUT2D eigenvalue weighted by molar-refractivity contribution is 5.90. The van der Waals surface area contributed by atoms with E-state index in [1.54, 1.807) is 0 Å². The monoisotopic (exact) mass is 244 g/mol. The lowest BCUT2D eigenvalue weighted by molar-refractivity contribution is -0.152. The third-order valence-electron chi connectivity index (χ3n) is 1.75. The summed E-state index contributed by atoms with van der Waals surface area (Å²) in [5, 5.41) is 5.26. The molecule has 0 aliphatic rings.